The van der Waals surface area contributed by atoms with E-state index in [0.717, 1.165) is 18.2 Å². The molecule has 0 bridgehead atoms. The number of carboxylic acids is 1. The third-order valence-corrected chi connectivity index (χ3v) is 5.11. The largest absolute Gasteiger partial charge is 0.478 e. The fourth-order valence-electron chi connectivity index (χ4n) is 1.90. The Bertz CT molecular complexity index is 615. The number of carboxylic acid groups (broad SMARTS) is 1. The first-order valence-corrected chi connectivity index (χ1v) is 8.51. The van der Waals surface area contributed by atoms with Crippen molar-refractivity contribution in [2.75, 3.05) is 13.2 Å². The van der Waals surface area contributed by atoms with E-state index in [4.69, 9.17) is 14.2 Å². The molecule has 1 rings (SSSR count). The minimum atomic E-state index is -4.65. The van der Waals surface area contributed by atoms with Crippen molar-refractivity contribution >= 4 is 19.1 Å². The summed E-state index contributed by atoms with van der Waals surface area (Å²) in [6, 6.07) is 4.83. The molecule has 1 N–H and O–H groups in total. The summed E-state index contributed by atoms with van der Waals surface area (Å²) >= 11 is 0. The summed E-state index contributed by atoms with van der Waals surface area (Å²) in [6.45, 7) is 4.10. The first-order valence-electron chi connectivity index (χ1n) is 6.97. The third-order valence-electron chi connectivity index (χ3n) is 2.97. The Morgan fingerprint density at radius 3 is 2.09 bits per heavy atom. The molecule has 1 aromatic rings. The molecule has 0 spiro atoms. The lowest BCUT2D eigenvalue weighted by molar-refractivity contribution is -0.131. The highest BCUT2D eigenvalue weighted by Gasteiger charge is 2.54. The van der Waals surface area contributed by atoms with Crippen LogP contribution < -0.4 is 0 Å². The number of carbonyl (C=O) groups is 1. The lowest BCUT2D eigenvalue weighted by Gasteiger charge is -2.26. The van der Waals surface area contributed by atoms with E-state index < -0.39 is 24.8 Å². The summed E-state index contributed by atoms with van der Waals surface area (Å²) in [6.07, 6.45) is 0.971. The highest BCUT2D eigenvalue weighted by atomic mass is 31.2. The molecule has 23 heavy (non-hydrogen) atoms. The molecule has 128 valence electrons. The molecule has 0 atom stereocenters. The minimum Gasteiger partial charge on any atom is -0.478 e. The molecule has 5 nitrogen and oxygen atoms in total. The third kappa shape index (κ3) is 4.47. The van der Waals surface area contributed by atoms with Crippen molar-refractivity contribution < 1.29 is 32.3 Å². The second kappa shape index (κ2) is 7.81. The summed E-state index contributed by atoms with van der Waals surface area (Å²) in [4.78, 5) is 10.6. The minimum absolute atomic E-state index is 0.175. The van der Waals surface area contributed by atoms with E-state index in [-0.39, 0.29) is 13.2 Å². The monoisotopic (exact) mass is 348 g/mol. The van der Waals surface area contributed by atoms with Crippen LogP contribution in [0.1, 0.15) is 31.9 Å². The lowest BCUT2D eigenvalue weighted by atomic mass is 10.1. The maximum Gasteiger partial charge on any atom is 0.404 e. The van der Waals surface area contributed by atoms with Crippen LogP contribution in [-0.2, 0) is 24.1 Å². The molecule has 0 aliphatic carbocycles. The molecule has 0 saturated heterocycles. The van der Waals surface area contributed by atoms with Gasteiger partial charge in [0.2, 0.25) is 0 Å². The zero-order valence-electron chi connectivity index (χ0n) is 13.1. The maximum absolute atomic E-state index is 14.5. The summed E-state index contributed by atoms with van der Waals surface area (Å²) in [5.74, 6) is -1.13. The molecule has 0 heterocycles. The second-order valence-electron chi connectivity index (χ2n) is 4.62. The van der Waals surface area contributed by atoms with Crippen molar-refractivity contribution in [2.45, 2.75) is 26.4 Å². The average Bonchev–Trinajstić information content (AvgIpc) is 2.47. The van der Waals surface area contributed by atoms with E-state index in [1.54, 1.807) is 6.92 Å². The number of hydrogen-bond donors (Lipinski definition) is 1. The van der Waals surface area contributed by atoms with Crippen molar-refractivity contribution in [1.29, 1.82) is 0 Å². The summed E-state index contributed by atoms with van der Waals surface area (Å²) in [5.41, 5.74) is -3.45. The molecule has 0 saturated carbocycles. The van der Waals surface area contributed by atoms with Gasteiger partial charge in [-0.3, -0.25) is 4.57 Å². The highest BCUT2D eigenvalue weighted by molar-refractivity contribution is 7.54. The van der Waals surface area contributed by atoms with Gasteiger partial charge in [0, 0.05) is 11.6 Å². The zero-order valence-corrected chi connectivity index (χ0v) is 14.0. The first-order chi connectivity index (χ1) is 10.7. The van der Waals surface area contributed by atoms with E-state index in [0.29, 0.717) is 11.1 Å². The van der Waals surface area contributed by atoms with Gasteiger partial charge in [-0.15, -0.1) is 0 Å². The van der Waals surface area contributed by atoms with Gasteiger partial charge in [-0.2, -0.15) is 8.78 Å². The van der Waals surface area contributed by atoms with Crippen LogP contribution in [0.25, 0.3) is 5.57 Å². The van der Waals surface area contributed by atoms with E-state index in [1.165, 1.54) is 26.0 Å². The molecular formula is C15H19F2O5P. The average molecular weight is 348 g/mol. The number of alkyl halides is 2. The maximum atomic E-state index is 14.5. The van der Waals surface area contributed by atoms with Crippen molar-refractivity contribution in [3.05, 3.63) is 41.5 Å². The normalized spacial score (nSPS) is 13.2. The van der Waals surface area contributed by atoms with Crippen LogP contribution in [0.4, 0.5) is 8.78 Å². The summed E-state index contributed by atoms with van der Waals surface area (Å²) in [5, 5.41) is 8.69. The molecule has 0 amide bonds. The van der Waals surface area contributed by atoms with Crippen LogP contribution in [0.2, 0.25) is 0 Å². The number of hydrogen-bond acceptors (Lipinski definition) is 4. The second-order valence-corrected chi connectivity index (χ2v) is 6.69. The van der Waals surface area contributed by atoms with Crippen LogP contribution in [-0.4, -0.2) is 24.3 Å². The quantitative estimate of drug-likeness (QED) is 0.553. The fraction of sp³-hybridized carbons (Fsp3) is 0.400. The fourth-order valence-corrected chi connectivity index (χ4v) is 3.44. The first kappa shape index (κ1) is 19.5. The number of allylic oxidation sites excluding steroid dienone is 1. The number of benzene rings is 1. The van der Waals surface area contributed by atoms with Gasteiger partial charge in [-0.25, -0.2) is 4.79 Å². The van der Waals surface area contributed by atoms with Gasteiger partial charge in [-0.1, -0.05) is 24.3 Å². The molecule has 0 aromatic heterocycles. The molecular weight excluding hydrogens is 329 g/mol. The van der Waals surface area contributed by atoms with Crippen molar-refractivity contribution in [3.63, 3.8) is 0 Å². The summed E-state index contributed by atoms with van der Waals surface area (Å²) < 4.78 is 50.7. The van der Waals surface area contributed by atoms with E-state index >= 15 is 0 Å². The Balaban J connectivity index is 3.19. The van der Waals surface area contributed by atoms with Crippen LogP contribution in [0.5, 0.6) is 0 Å². The predicted octanol–water partition coefficient (Wildman–Crippen LogP) is 4.49. The van der Waals surface area contributed by atoms with Gasteiger partial charge in [0.1, 0.15) is 0 Å². The number of rotatable bonds is 8. The van der Waals surface area contributed by atoms with Gasteiger partial charge >= 0.3 is 19.2 Å². The molecule has 0 radical (unpaired) electrons. The summed E-state index contributed by atoms with van der Waals surface area (Å²) in [7, 11) is -4.65. The topological polar surface area (TPSA) is 72.8 Å². The standard InChI is InChI=1S/C15H19F2O5P/c1-4-21-23(20,22-5-2)15(16,17)13-8-6-12(7-9-13)11(3)10-14(18)19/h6-10H,4-5H2,1-3H3,(H,18,19)/b11-10+. The van der Waals surface area contributed by atoms with E-state index in [9.17, 15) is 18.1 Å². The smallest absolute Gasteiger partial charge is 0.404 e. The van der Waals surface area contributed by atoms with Crippen molar-refractivity contribution in [1.82, 2.24) is 0 Å². The van der Waals surface area contributed by atoms with Crippen LogP contribution >= 0.6 is 7.60 Å². The van der Waals surface area contributed by atoms with Crippen LogP contribution in [0, 0.1) is 0 Å². The number of aliphatic carboxylic acids is 1. The van der Waals surface area contributed by atoms with Gasteiger partial charge in [0.05, 0.1) is 13.2 Å². The molecule has 0 aliphatic heterocycles. The Labute approximate surface area is 133 Å². The van der Waals surface area contributed by atoms with Gasteiger partial charge in [-0.05, 0) is 31.9 Å². The van der Waals surface area contributed by atoms with E-state index in [2.05, 4.69) is 0 Å². The van der Waals surface area contributed by atoms with Crippen molar-refractivity contribution in [2.24, 2.45) is 0 Å². The molecule has 0 unspecified atom stereocenters. The SMILES string of the molecule is CCOP(=O)(OCC)C(F)(F)c1ccc(/C(C)=C/C(=O)O)cc1. The van der Waals surface area contributed by atoms with Gasteiger partial charge < -0.3 is 14.2 Å². The van der Waals surface area contributed by atoms with Crippen LogP contribution in [0.3, 0.4) is 0 Å². The predicted molar refractivity (Wildman–Crippen MR) is 82.5 cm³/mol. The lowest BCUT2D eigenvalue weighted by Crippen LogP contribution is -2.18. The highest BCUT2D eigenvalue weighted by Crippen LogP contribution is 2.66. The van der Waals surface area contributed by atoms with E-state index in [1.807, 2.05) is 0 Å². The van der Waals surface area contributed by atoms with Gasteiger partial charge in [0.15, 0.2) is 0 Å². The Hall–Kier alpha value is -1.56. The Morgan fingerprint density at radius 2 is 1.70 bits per heavy atom. The molecule has 8 heteroatoms. The Kier molecular flexibility index (Phi) is 6.62. The van der Waals surface area contributed by atoms with Gasteiger partial charge in [0.25, 0.3) is 0 Å². The molecule has 1 aromatic carbocycles. The Morgan fingerprint density at radius 1 is 1.22 bits per heavy atom. The van der Waals surface area contributed by atoms with Crippen LogP contribution in [0.15, 0.2) is 30.3 Å². The van der Waals surface area contributed by atoms with Crippen molar-refractivity contribution in [3.8, 4) is 0 Å². The molecule has 0 fully saturated rings. The molecule has 0 aliphatic rings. The number of halogens is 2. The zero-order chi connectivity index (χ0) is 17.7.